The van der Waals surface area contributed by atoms with Gasteiger partial charge in [-0.25, -0.2) is 4.98 Å². The largest absolute Gasteiger partial charge is 0.329 e. The van der Waals surface area contributed by atoms with E-state index in [2.05, 4.69) is 51.3 Å². The molecule has 1 aromatic carbocycles. The van der Waals surface area contributed by atoms with Crippen molar-refractivity contribution in [1.82, 2.24) is 15.2 Å². The summed E-state index contributed by atoms with van der Waals surface area (Å²) in [5.41, 5.74) is 5.38. The number of hydrogen-bond acceptors (Lipinski definition) is 3. The topological polar surface area (TPSA) is 44.8 Å². The molecule has 0 aliphatic carbocycles. The minimum Gasteiger partial charge on any atom is -0.329 e. The van der Waals surface area contributed by atoms with Crippen LogP contribution in [0.25, 0.3) is 22.4 Å². The van der Waals surface area contributed by atoms with Gasteiger partial charge in [0.1, 0.15) is 11.5 Å². The molecule has 24 heavy (non-hydrogen) atoms. The third-order valence-electron chi connectivity index (χ3n) is 4.14. The molecule has 0 atom stereocenters. The zero-order chi connectivity index (χ0) is 16.4. The van der Waals surface area contributed by atoms with Gasteiger partial charge in [-0.2, -0.15) is 5.10 Å². The number of rotatable bonds is 3. The molecule has 118 valence electrons. The van der Waals surface area contributed by atoms with Gasteiger partial charge in [0.05, 0.1) is 0 Å². The summed E-state index contributed by atoms with van der Waals surface area (Å²) in [6, 6.07) is 14.4. The van der Waals surface area contributed by atoms with Crippen LogP contribution in [0.3, 0.4) is 0 Å². The van der Waals surface area contributed by atoms with Crippen molar-refractivity contribution in [2.24, 2.45) is 0 Å². The molecule has 3 aromatic rings. The zero-order valence-corrected chi connectivity index (χ0v) is 13.5. The Morgan fingerprint density at radius 1 is 1.04 bits per heavy atom. The van der Waals surface area contributed by atoms with Crippen LogP contribution in [0.2, 0.25) is 0 Å². The van der Waals surface area contributed by atoms with Crippen molar-refractivity contribution in [2.75, 3.05) is 11.4 Å². The van der Waals surface area contributed by atoms with Gasteiger partial charge in [0.25, 0.3) is 0 Å². The Bertz CT molecular complexity index is 906. The number of anilines is 1. The van der Waals surface area contributed by atoms with Crippen molar-refractivity contribution in [2.45, 2.75) is 6.92 Å². The lowest BCUT2D eigenvalue weighted by atomic mass is 10.00. The molecule has 4 rings (SSSR count). The van der Waals surface area contributed by atoms with E-state index in [9.17, 15) is 0 Å². The minimum atomic E-state index is 0.836. The molecule has 0 spiro atoms. The van der Waals surface area contributed by atoms with Gasteiger partial charge >= 0.3 is 0 Å². The highest BCUT2D eigenvalue weighted by Gasteiger charge is 2.15. The molecule has 0 saturated heterocycles. The van der Waals surface area contributed by atoms with Crippen molar-refractivity contribution in [1.29, 1.82) is 0 Å². The molecule has 4 nitrogen and oxygen atoms in total. The highest BCUT2D eigenvalue weighted by molar-refractivity contribution is 5.83. The summed E-state index contributed by atoms with van der Waals surface area (Å²) in [7, 11) is 0. The second kappa shape index (κ2) is 6.16. The number of aryl methyl sites for hydroxylation is 1. The zero-order valence-electron chi connectivity index (χ0n) is 13.5. The molecular weight excluding hydrogens is 296 g/mol. The average Bonchev–Trinajstić information content (AvgIpc) is 3.05. The Balaban J connectivity index is 1.79. The molecule has 0 unspecified atom stereocenters. The Labute approximate surface area is 141 Å². The molecule has 0 fully saturated rings. The maximum absolute atomic E-state index is 4.52. The lowest BCUT2D eigenvalue weighted by Crippen LogP contribution is -2.18. The molecule has 4 heteroatoms. The fraction of sp³-hybridized carbons (Fsp3) is 0.100. The van der Waals surface area contributed by atoms with E-state index in [0.717, 1.165) is 40.4 Å². The van der Waals surface area contributed by atoms with Crippen molar-refractivity contribution in [3.63, 3.8) is 0 Å². The first kappa shape index (κ1) is 14.5. The third-order valence-corrected chi connectivity index (χ3v) is 4.14. The van der Waals surface area contributed by atoms with Gasteiger partial charge in [0, 0.05) is 35.8 Å². The number of nitrogens with one attached hydrogen (secondary N) is 1. The predicted molar refractivity (Wildman–Crippen MR) is 97.6 cm³/mol. The summed E-state index contributed by atoms with van der Waals surface area (Å²) in [6.45, 7) is 2.89. The number of aromatic nitrogens is 3. The Morgan fingerprint density at radius 2 is 1.92 bits per heavy atom. The van der Waals surface area contributed by atoms with E-state index in [0.29, 0.717) is 0 Å². The predicted octanol–water partition coefficient (Wildman–Crippen LogP) is 4.34. The highest BCUT2D eigenvalue weighted by Crippen LogP contribution is 2.34. The average molecular weight is 314 g/mol. The van der Waals surface area contributed by atoms with Gasteiger partial charge in [-0.1, -0.05) is 42.5 Å². The molecule has 0 radical (unpaired) electrons. The lowest BCUT2D eigenvalue weighted by molar-refractivity contribution is 1.03. The second-order valence-corrected chi connectivity index (χ2v) is 5.76. The maximum atomic E-state index is 4.52. The van der Waals surface area contributed by atoms with Crippen molar-refractivity contribution in [3.8, 4) is 22.4 Å². The first-order chi connectivity index (χ1) is 11.8. The van der Waals surface area contributed by atoms with Gasteiger partial charge in [-0.15, -0.1) is 0 Å². The van der Waals surface area contributed by atoms with Gasteiger partial charge in [-0.05, 0) is 30.7 Å². The van der Waals surface area contributed by atoms with E-state index in [-0.39, 0.29) is 0 Å². The Hall–Kier alpha value is -3.14. The number of hydrogen-bond donors (Lipinski definition) is 1. The van der Waals surface area contributed by atoms with Gasteiger partial charge in [0.15, 0.2) is 0 Å². The Kier molecular flexibility index (Phi) is 3.71. The minimum absolute atomic E-state index is 0.836. The lowest BCUT2D eigenvalue weighted by Gasteiger charge is -2.20. The summed E-state index contributed by atoms with van der Waals surface area (Å²) < 4.78 is 0. The molecule has 1 aliphatic heterocycles. The monoisotopic (exact) mass is 314 g/mol. The first-order valence-electron chi connectivity index (χ1n) is 8.00. The normalized spacial score (nSPS) is 13.5. The SMILES string of the molecule is Cc1[nH]nc(-c2ccccc2)c1-c1ccnc(N2C=CC=CC2)c1. The number of aromatic amines is 1. The van der Waals surface area contributed by atoms with Crippen LogP contribution in [-0.2, 0) is 0 Å². The molecule has 0 amide bonds. The first-order valence-corrected chi connectivity index (χ1v) is 8.00. The highest BCUT2D eigenvalue weighted by atomic mass is 15.2. The smallest absolute Gasteiger partial charge is 0.133 e. The standard InChI is InChI=1S/C20H18N4/c1-15-19(20(23-22-15)16-8-4-2-5-9-16)17-10-11-21-18(14-17)24-12-6-3-7-13-24/h2-12,14H,13H2,1H3,(H,22,23). The summed E-state index contributed by atoms with van der Waals surface area (Å²) >= 11 is 0. The quantitative estimate of drug-likeness (QED) is 0.782. The van der Waals surface area contributed by atoms with E-state index in [1.165, 1.54) is 0 Å². The number of benzene rings is 1. The van der Waals surface area contributed by atoms with Gasteiger partial charge < -0.3 is 4.90 Å². The van der Waals surface area contributed by atoms with E-state index < -0.39 is 0 Å². The van der Waals surface area contributed by atoms with Gasteiger partial charge in [0.2, 0.25) is 0 Å². The van der Waals surface area contributed by atoms with E-state index in [4.69, 9.17) is 0 Å². The van der Waals surface area contributed by atoms with Crippen LogP contribution in [0, 0.1) is 6.92 Å². The molecule has 3 heterocycles. The van der Waals surface area contributed by atoms with Crippen molar-refractivity contribution in [3.05, 3.63) is 78.8 Å². The molecule has 0 bridgehead atoms. The molecule has 1 aliphatic rings. The Morgan fingerprint density at radius 3 is 2.71 bits per heavy atom. The number of H-pyrrole nitrogens is 1. The maximum Gasteiger partial charge on any atom is 0.133 e. The second-order valence-electron chi connectivity index (χ2n) is 5.76. The van der Waals surface area contributed by atoms with Crippen LogP contribution in [0.15, 0.2) is 73.1 Å². The number of allylic oxidation sites excluding steroid dienone is 2. The van der Waals surface area contributed by atoms with Gasteiger partial charge in [-0.3, -0.25) is 5.10 Å². The van der Waals surface area contributed by atoms with E-state index in [1.54, 1.807) is 0 Å². The summed E-state index contributed by atoms with van der Waals surface area (Å²) in [5.74, 6) is 0.938. The fourth-order valence-corrected chi connectivity index (χ4v) is 2.96. The number of nitrogens with zero attached hydrogens (tertiary/aromatic N) is 3. The van der Waals surface area contributed by atoms with Crippen molar-refractivity contribution >= 4 is 5.82 Å². The van der Waals surface area contributed by atoms with E-state index >= 15 is 0 Å². The molecule has 2 aromatic heterocycles. The summed E-state index contributed by atoms with van der Waals surface area (Å²) in [5, 5.41) is 7.64. The molecule has 0 saturated carbocycles. The van der Waals surface area contributed by atoms with E-state index in [1.807, 2.05) is 48.8 Å². The van der Waals surface area contributed by atoms with Crippen LogP contribution in [0.1, 0.15) is 5.69 Å². The fourth-order valence-electron chi connectivity index (χ4n) is 2.96. The van der Waals surface area contributed by atoms with Crippen LogP contribution >= 0.6 is 0 Å². The molecule has 1 N–H and O–H groups in total. The number of pyridine rings is 1. The summed E-state index contributed by atoms with van der Waals surface area (Å²) in [4.78, 5) is 6.64. The van der Waals surface area contributed by atoms with Crippen LogP contribution in [0.5, 0.6) is 0 Å². The van der Waals surface area contributed by atoms with Crippen LogP contribution in [-0.4, -0.2) is 21.7 Å². The van der Waals surface area contributed by atoms with Crippen LogP contribution < -0.4 is 4.90 Å². The van der Waals surface area contributed by atoms with Crippen molar-refractivity contribution < 1.29 is 0 Å². The molecular formula is C20H18N4. The third kappa shape index (κ3) is 2.63. The van der Waals surface area contributed by atoms with Crippen LogP contribution in [0.4, 0.5) is 5.82 Å². The summed E-state index contributed by atoms with van der Waals surface area (Å²) in [6.07, 6.45) is 10.1.